The fourth-order valence-corrected chi connectivity index (χ4v) is 4.21. The normalized spacial score (nSPS) is 35.3. The van der Waals surface area contributed by atoms with Crippen LogP contribution in [0.3, 0.4) is 0 Å². The molecule has 3 aliphatic rings. The highest BCUT2D eigenvalue weighted by Crippen LogP contribution is 2.48. The summed E-state index contributed by atoms with van der Waals surface area (Å²) < 4.78 is 4.78. The fraction of sp³-hybridized carbons (Fsp3) is 0.706. The van der Waals surface area contributed by atoms with E-state index in [1.165, 1.54) is 7.11 Å². The number of piperidine rings is 1. The third kappa shape index (κ3) is 2.64. The number of methoxy groups -OCH3 is 1. The molecule has 3 aliphatic heterocycles. The van der Waals surface area contributed by atoms with Crippen molar-refractivity contribution in [2.75, 3.05) is 20.2 Å². The van der Waals surface area contributed by atoms with Crippen molar-refractivity contribution in [3.8, 4) is 0 Å². The van der Waals surface area contributed by atoms with Crippen LogP contribution in [0.15, 0.2) is 12.2 Å². The SMILES string of the molecule is COC(=O)C[C@@H]1CCNC(=O)[C@@]12C[C@@H]1/C=C\CCCCN1C2=O. The van der Waals surface area contributed by atoms with Crippen molar-refractivity contribution in [3.63, 3.8) is 0 Å². The smallest absolute Gasteiger partial charge is 0.305 e. The molecule has 3 rings (SSSR count). The average Bonchev–Trinajstić information content (AvgIpc) is 2.77. The minimum Gasteiger partial charge on any atom is -0.469 e. The molecule has 0 aromatic heterocycles. The number of allylic oxidation sites excluding steroid dienone is 1. The molecule has 0 aliphatic carbocycles. The predicted molar refractivity (Wildman–Crippen MR) is 83.3 cm³/mol. The van der Waals surface area contributed by atoms with Crippen LogP contribution in [0.25, 0.3) is 0 Å². The summed E-state index contributed by atoms with van der Waals surface area (Å²) in [6.45, 7) is 1.20. The molecule has 0 bridgehead atoms. The quantitative estimate of drug-likeness (QED) is 0.468. The largest absolute Gasteiger partial charge is 0.469 e. The molecule has 126 valence electrons. The maximum absolute atomic E-state index is 13.2. The van der Waals surface area contributed by atoms with Gasteiger partial charge in [0.25, 0.3) is 0 Å². The zero-order valence-electron chi connectivity index (χ0n) is 13.5. The van der Waals surface area contributed by atoms with E-state index < -0.39 is 5.41 Å². The molecule has 6 nitrogen and oxygen atoms in total. The van der Waals surface area contributed by atoms with Crippen LogP contribution in [-0.2, 0) is 19.1 Å². The number of hydrogen-bond donors (Lipinski definition) is 1. The Kier molecular flexibility index (Phi) is 4.41. The minimum absolute atomic E-state index is 0.0354. The standard InChI is InChI=1S/C17H24N2O4/c1-23-14(20)10-12-7-8-18-15(21)17(12)11-13-6-4-2-3-5-9-19(13)16(17)22/h4,6,12-13H,2-3,5,7-11H2,1H3,(H,18,21)/b6-4-/t12-,13-,17+/m0/s1. The summed E-state index contributed by atoms with van der Waals surface area (Å²) >= 11 is 0. The molecule has 0 unspecified atom stereocenters. The highest BCUT2D eigenvalue weighted by atomic mass is 16.5. The van der Waals surface area contributed by atoms with Gasteiger partial charge in [0.05, 0.1) is 13.2 Å². The fourth-order valence-electron chi connectivity index (χ4n) is 4.21. The van der Waals surface area contributed by atoms with Crippen molar-refractivity contribution >= 4 is 17.8 Å². The molecule has 0 aromatic rings. The molecule has 1 spiro atoms. The van der Waals surface area contributed by atoms with Crippen LogP contribution in [0.4, 0.5) is 0 Å². The second kappa shape index (κ2) is 6.34. The van der Waals surface area contributed by atoms with E-state index in [9.17, 15) is 14.4 Å². The van der Waals surface area contributed by atoms with Crippen LogP contribution in [0.1, 0.15) is 38.5 Å². The molecule has 1 N–H and O–H groups in total. The molecule has 0 saturated carbocycles. The summed E-state index contributed by atoms with van der Waals surface area (Å²) in [5, 5.41) is 2.84. The molecule has 3 heterocycles. The highest BCUT2D eigenvalue weighted by Gasteiger charge is 2.61. The Balaban J connectivity index is 1.94. The lowest BCUT2D eigenvalue weighted by Gasteiger charge is -2.38. The van der Waals surface area contributed by atoms with Crippen LogP contribution < -0.4 is 5.32 Å². The van der Waals surface area contributed by atoms with Gasteiger partial charge in [-0.1, -0.05) is 12.2 Å². The number of rotatable bonds is 2. The molecule has 0 aromatic carbocycles. The van der Waals surface area contributed by atoms with Crippen molar-refractivity contribution in [2.24, 2.45) is 11.3 Å². The molecule has 23 heavy (non-hydrogen) atoms. The maximum atomic E-state index is 13.2. The van der Waals surface area contributed by atoms with E-state index in [2.05, 4.69) is 17.5 Å². The van der Waals surface area contributed by atoms with Crippen molar-refractivity contribution in [3.05, 3.63) is 12.2 Å². The van der Waals surface area contributed by atoms with Crippen molar-refractivity contribution in [1.29, 1.82) is 0 Å². The Hall–Kier alpha value is -1.85. The Labute approximate surface area is 136 Å². The number of amides is 2. The van der Waals surface area contributed by atoms with Crippen LogP contribution in [0.5, 0.6) is 0 Å². The zero-order valence-corrected chi connectivity index (χ0v) is 13.5. The van der Waals surface area contributed by atoms with Gasteiger partial charge in [-0.05, 0) is 38.0 Å². The summed E-state index contributed by atoms with van der Waals surface area (Å²) in [6, 6.07) is -0.0354. The van der Waals surface area contributed by atoms with E-state index in [4.69, 9.17) is 4.74 Å². The summed E-state index contributed by atoms with van der Waals surface area (Å²) in [5.41, 5.74) is -1.11. The second-order valence-electron chi connectivity index (χ2n) is 6.69. The van der Waals surface area contributed by atoms with Crippen LogP contribution in [0.2, 0.25) is 0 Å². The van der Waals surface area contributed by atoms with E-state index in [1.807, 2.05) is 4.90 Å². The number of carbonyl (C=O) groups excluding carboxylic acids is 3. The van der Waals surface area contributed by atoms with E-state index in [-0.39, 0.29) is 36.2 Å². The number of ether oxygens (including phenoxy) is 1. The third-order valence-corrected chi connectivity index (χ3v) is 5.47. The lowest BCUT2D eigenvalue weighted by molar-refractivity contribution is -0.154. The number of fused-ring (bicyclic) bond motifs is 1. The Morgan fingerprint density at radius 2 is 2.26 bits per heavy atom. The van der Waals surface area contributed by atoms with Gasteiger partial charge < -0.3 is 15.0 Å². The minimum atomic E-state index is -1.11. The number of nitrogens with zero attached hydrogens (tertiary/aromatic N) is 1. The summed E-state index contributed by atoms with van der Waals surface area (Å²) in [6.07, 6.45) is 8.42. The summed E-state index contributed by atoms with van der Waals surface area (Å²) in [5.74, 6) is -0.965. The van der Waals surface area contributed by atoms with Gasteiger partial charge in [0.15, 0.2) is 0 Å². The first-order valence-corrected chi connectivity index (χ1v) is 8.42. The zero-order chi connectivity index (χ0) is 16.4. The average molecular weight is 320 g/mol. The van der Waals surface area contributed by atoms with Gasteiger partial charge in [-0.15, -0.1) is 0 Å². The van der Waals surface area contributed by atoms with E-state index >= 15 is 0 Å². The molecule has 2 fully saturated rings. The van der Waals surface area contributed by atoms with Crippen LogP contribution in [-0.4, -0.2) is 48.9 Å². The molecular weight excluding hydrogens is 296 g/mol. The first-order chi connectivity index (χ1) is 11.1. The molecular formula is C17H24N2O4. The Bertz CT molecular complexity index is 545. The molecule has 0 radical (unpaired) electrons. The van der Waals surface area contributed by atoms with Gasteiger partial charge in [-0.25, -0.2) is 0 Å². The van der Waals surface area contributed by atoms with Crippen molar-refractivity contribution in [2.45, 2.75) is 44.6 Å². The number of esters is 1. The monoisotopic (exact) mass is 320 g/mol. The highest BCUT2D eigenvalue weighted by molar-refractivity contribution is 6.08. The van der Waals surface area contributed by atoms with Gasteiger partial charge >= 0.3 is 5.97 Å². The van der Waals surface area contributed by atoms with E-state index in [0.717, 1.165) is 19.3 Å². The van der Waals surface area contributed by atoms with Crippen LogP contribution >= 0.6 is 0 Å². The topological polar surface area (TPSA) is 75.7 Å². The summed E-state index contributed by atoms with van der Waals surface area (Å²) in [7, 11) is 1.34. The maximum Gasteiger partial charge on any atom is 0.305 e. The Morgan fingerprint density at radius 1 is 1.43 bits per heavy atom. The van der Waals surface area contributed by atoms with Gasteiger partial charge in [0.1, 0.15) is 5.41 Å². The number of hydrogen-bond acceptors (Lipinski definition) is 4. The van der Waals surface area contributed by atoms with Crippen LogP contribution in [0, 0.1) is 11.3 Å². The van der Waals surface area contributed by atoms with E-state index in [0.29, 0.717) is 25.9 Å². The van der Waals surface area contributed by atoms with Gasteiger partial charge in [0, 0.05) is 19.5 Å². The second-order valence-corrected chi connectivity index (χ2v) is 6.69. The molecule has 3 atom stereocenters. The lowest BCUT2D eigenvalue weighted by Crippen LogP contribution is -2.56. The van der Waals surface area contributed by atoms with Gasteiger partial charge in [-0.2, -0.15) is 0 Å². The first kappa shape index (κ1) is 16.0. The van der Waals surface area contributed by atoms with Gasteiger partial charge in [-0.3, -0.25) is 14.4 Å². The first-order valence-electron chi connectivity index (χ1n) is 8.42. The van der Waals surface area contributed by atoms with Crippen molar-refractivity contribution < 1.29 is 19.1 Å². The molecule has 6 heteroatoms. The Morgan fingerprint density at radius 3 is 3.04 bits per heavy atom. The third-order valence-electron chi connectivity index (χ3n) is 5.47. The van der Waals surface area contributed by atoms with Gasteiger partial charge in [0.2, 0.25) is 11.8 Å². The van der Waals surface area contributed by atoms with E-state index in [1.54, 1.807) is 0 Å². The number of carbonyl (C=O) groups is 3. The summed E-state index contributed by atoms with van der Waals surface area (Å²) in [4.78, 5) is 39.4. The molecule has 2 amide bonds. The predicted octanol–water partition coefficient (Wildman–Crippen LogP) is 1.01. The van der Waals surface area contributed by atoms with Crippen molar-refractivity contribution in [1.82, 2.24) is 10.2 Å². The lowest BCUT2D eigenvalue weighted by atomic mass is 9.67. The number of nitrogens with one attached hydrogen (secondary N) is 1. The molecule has 2 saturated heterocycles.